The number of halogens is 2. The van der Waals surface area contributed by atoms with Crippen molar-refractivity contribution < 1.29 is 14.3 Å². The van der Waals surface area contributed by atoms with Crippen molar-refractivity contribution in [1.82, 2.24) is 0 Å². The summed E-state index contributed by atoms with van der Waals surface area (Å²) in [5.41, 5.74) is 1.71. The van der Waals surface area contributed by atoms with Gasteiger partial charge in [-0.25, -0.2) is 9.18 Å². The van der Waals surface area contributed by atoms with Crippen molar-refractivity contribution in [1.29, 1.82) is 0 Å². The summed E-state index contributed by atoms with van der Waals surface area (Å²) >= 11 is 5.84. The highest BCUT2D eigenvalue weighted by Gasteiger charge is 2.09. The van der Waals surface area contributed by atoms with Crippen molar-refractivity contribution in [3.8, 4) is 0 Å². The van der Waals surface area contributed by atoms with Crippen LogP contribution in [0.1, 0.15) is 15.9 Å². The number of aryl methyl sites for hydroxylation is 1. The van der Waals surface area contributed by atoms with Gasteiger partial charge in [-0.1, -0.05) is 11.6 Å². The Balaban J connectivity index is 2.31. The van der Waals surface area contributed by atoms with Crippen molar-refractivity contribution in [3.05, 3.63) is 58.4 Å². The zero-order valence-corrected chi connectivity index (χ0v) is 10.8. The lowest BCUT2D eigenvalue weighted by Gasteiger charge is -2.11. The van der Waals surface area contributed by atoms with E-state index in [1.165, 1.54) is 12.1 Å². The standard InChI is InChI=1S/C14H11ClFNO2/c1-8-6-10(15)3-5-12(8)17-13-4-2-9(14(18)19)7-11(13)16/h2-7,17H,1H3,(H,18,19). The molecule has 0 saturated heterocycles. The van der Waals surface area contributed by atoms with E-state index in [0.717, 1.165) is 11.6 Å². The van der Waals surface area contributed by atoms with Crippen LogP contribution in [0.5, 0.6) is 0 Å². The first-order valence-electron chi connectivity index (χ1n) is 5.53. The van der Waals surface area contributed by atoms with E-state index >= 15 is 0 Å². The van der Waals surface area contributed by atoms with Gasteiger partial charge in [0.05, 0.1) is 11.3 Å². The number of carboxylic acid groups (broad SMARTS) is 1. The van der Waals surface area contributed by atoms with Crippen molar-refractivity contribution in [2.24, 2.45) is 0 Å². The van der Waals surface area contributed by atoms with Crippen LogP contribution in [0.3, 0.4) is 0 Å². The van der Waals surface area contributed by atoms with E-state index in [-0.39, 0.29) is 11.3 Å². The molecular weight excluding hydrogens is 269 g/mol. The molecule has 2 N–H and O–H groups in total. The van der Waals surface area contributed by atoms with E-state index in [1.807, 2.05) is 6.92 Å². The molecule has 0 aliphatic carbocycles. The summed E-state index contributed by atoms with van der Waals surface area (Å²) in [4.78, 5) is 10.7. The number of anilines is 2. The number of aromatic carboxylic acids is 1. The number of carbonyl (C=O) groups is 1. The summed E-state index contributed by atoms with van der Waals surface area (Å²) < 4.78 is 13.8. The van der Waals surface area contributed by atoms with Gasteiger partial charge >= 0.3 is 5.97 Å². The number of nitrogens with one attached hydrogen (secondary N) is 1. The molecule has 0 spiro atoms. The fourth-order valence-electron chi connectivity index (χ4n) is 1.66. The number of benzene rings is 2. The van der Waals surface area contributed by atoms with Gasteiger partial charge in [0.25, 0.3) is 0 Å². The molecule has 5 heteroatoms. The van der Waals surface area contributed by atoms with Crippen molar-refractivity contribution in [2.45, 2.75) is 6.92 Å². The molecule has 2 rings (SSSR count). The Bertz CT molecular complexity index is 643. The Hall–Kier alpha value is -2.07. The monoisotopic (exact) mass is 279 g/mol. The van der Waals surface area contributed by atoms with Gasteiger partial charge in [-0.15, -0.1) is 0 Å². The van der Waals surface area contributed by atoms with E-state index in [9.17, 15) is 9.18 Å². The maximum atomic E-state index is 13.8. The molecule has 0 saturated carbocycles. The summed E-state index contributed by atoms with van der Waals surface area (Å²) in [7, 11) is 0. The SMILES string of the molecule is Cc1cc(Cl)ccc1Nc1ccc(C(=O)O)cc1F. The Morgan fingerprint density at radius 2 is 1.89 bits per heavy atom. The van der Waals surface area contributed by atoms with Gasteiger partial charge in [0, 0.05) is 10.7 Å². The van der Waals surface area contributed by atoms with Crippen molar-refractivity contribution in [3.63, 3.8) is 0 Å². The highest BCUT2D eigenvalue weighted by Crippen LogP contribution is 2.25. The second-order valence-corrected chi connectivity index (χ2v) is 4.52. The molecular formula is C14H11ClFNO2. The van der Waals surface area contributed by atoms with Crippen LogP contribution in [0.15, 0.2) is 36.4 Å². The topological polar surface area (TPSA) is 49.3 Å². The minimum Gasteiger partial charge on any atom is -0.478 e. The maximum Gasteiger partial charge on any atom is 0.335 e. The summed E-state index contributed by atoms with van der Waals surface area (Å²) in [5, 5.41) is 12.3. The van der Waals surface area contributed by atoms with Crippen LogP contribution >= 0.6 is 11.6 Å². The second-order valence-electron chi connectivity index (χ2n) is 4.08. The second kappa shape index (κ2) is 5.28. The Labute approximate surface area is 114 Å². The van der Waals surface area contributed by atoms with Crippen LogP contribution in [0.4, 0.5) is 15.8 Å². The molecule has 0 atom stereocenters. The molecule has 2 aromatic rings. The third-order valence-electron chi connectivity index (χ3n) is 2.67. The van der Waals surface area contributed by atoms with Crippen LogP contribution in [-0.2, 0) is 0 Å². The Kier molecular flexibility index (Phi) is 3.71. The zero-order valence-electron chi connectivity index (χ0n) is 10.1. The molecule has 0 aliphatic rings. The van der Waals surface area contributed by atoms with Gasteiger partial charge in [0.1, 0.15) is 5.82 Å². The summed E-state index contributed by atoms with van der Waals surface area (Å²) in [6.45, 7) is 1.84. The molecule has 2 aromatic carbocycles. The van der Waals surface area contributed by atoms with Crippen LogP contribution in [0, 0.1) is 12.7 Å². The molecule has 0 fully saturated rings. The van der Waals surface area contributed by atoms with Gasteiger partial charge in [-0.3, -0.25) is 0 Å². The van der Waals surface area contributed by atoms with Crippen LogP contribution in [0.2, 0.25) is 5.02 Å². The highest BCUT2D eigenvalue weighted by molar-refractivity contribution is 6.30. The summed E-state index contributed by atoms with van der Waals surface area (Å²) in [6, 6.07) is 8.91. The Morgan fingerprint density at radius 1 is 1.21 bits per heavy atom. The van der Waals surface area contributed by atoms with Gasteiger partial charge < -0.3 is 10.4 Å². The van der Waals surface area contributed by atoms with Gasteiger partial charge in [-0.05, 0) is 48.9 Å². The van der Waals surface area contributed by atoms with Crippen molar-refractivity contribution in [2.75, 3.05) is 5.32 Å². The van der Waals surface area contributed by atoms with E-state index in [4.69, 9.17) is 16.7 Å². The molecule has 0 bridgehead atoms. The highest BCUT2D eigenvalue weighted by atomic mass is 35.5. The van der Waals surface area contributed by atoms with Crippen LogP contribution < -0.4 is 5.32 Å². The van der Waals surface area contributed by atoms with Crippen molar-refractivity contribution >= 4 is 28.9 Å². The first kappa shape index (κ1) is 13.4. The molecule has 0 aliphatic heterocycles. The minimum absolute atomic E-state index is 0.0871. The lowest BCUT2D eigenvalue weighted by molar-refractivity contribution is 0.0696. The molecule has 0 aromatic heterocycles. The number of carboxylic acids is 1. The first-order chi connectivity index (χ1) is 8.97. The smallest absolute Gasteiger partial charge is 0.335 e. The third kappa shape index (κ3) is 3.03. The number of hydrogen-bond donors (Lipinski definition) is 2. The minimum atomic E-state index is -1.16. The van der Waals surface area contributed by atoms with E-state index in [0.29, 0.717) is 10.7 Å². The maximum absolute atomic E-state index is 13.8. The number of rotatable bonds is 3. The average Bonchev–Trinajstić information content (AvgIpc) is 2.34. The quantitative estimate of drug-likeness (QED) is 0.884. The Morgan fingerprint density at radius 3 is 2.47 bits per heavy atom. The molecule has 19 heavy (non-hydrogen) atoms. The fraction of sp³-hybridized carbons (Fsp3) is 0.0714. The lowest BCUT2D eigenvalue weighted by atomic mass is 10.1. The normalized spacial score (nSPS) is 10.3. The van der Waals surface area contributed by atoms with Gasteiger partial charge in [0.15, 0.2) is 0 Å². The molecule has 0 unspecified atom stereocenters. The predicted molar refractivity (Wildman–Crippen MR) is 72.8 cm³/mol. The van der Waals surface area contributed by atoms with Crippen LogP contribution in [-0.4, -0.2) is 11.1 Å². The van der Waals surface area contributed by atoms with E-state index < -0.39 is 11.8 Å². The summed E-state index contributed by atoms with van der Waals surface area (Å²) in [5.74, 6) is -1.78. The van der Waals surface area contributed by atoms with E-state index in [1.54, 1.807) is 18.2 Å². The van der Waals surface area contributed by atoms with Gasteiger partial charge in [0.2, 0.25) is 0 Å². The lowest BCUT2D eigenvalue weighted by Crippen LogP contribution is -2.00. The van der Waals surface area contributed by atoms with Gasteiger partial charge in [-0.2, -0.15) is 0 Å². The molecule has 0 heterocycles. The largest absolute Gasteiger partial charge is 0.478 e. The summed E-state index contributed by atoms with van der Waals surface area (Å²) in [6.07, 6.45) is 0. The van der Waals surface area contributed by atoms with E-state index in [2.05, 4.69) is 5.32 Å². The average molecular weight is 280 g/mol. The molecule has 0 radical (unpaired) electrons. The third-order valence-corrected chi connectivity index (χ3v) is 2.91. The zero-order chi connectivity index (χ0) is 14.0. The molecule has 98 valence electrons. The first-order valence-corrected chi connectivity index (χ1v) is 5.91. The molecule has 3 nitrogen and oxygen atoms in total. The predicted octanol–water partition coefficient (Wildman–Crippen LogP) is 4.23. The number of hydrogen-bond acceptors (Lipinski definition) is 2. The van der Waals surface area contributed by atoms with Crippen LogP contribution in [0.25, 0.3) is 0 Å². The molecule has 0 amide bonds. The fourth-order valence-corrected chi connectivity index (χ4v) is 1.89.